The molecule has 3 aromatic rings. The third-order valence-electron chi connectivity index (χ3n) is 3.97. The van der Waals surface area contributed by atoms with Crippen molar-refractivity contribution in [3.05, 3.63) is 77.9 Å². The van der Waals surface area contributed by atoms with Crippen molar-refractivity contribution in [1.29, 1.82) is 0 Å². The van der Waals surface area contributed by atoms with E-state index in [4.69, 9.17) is 9.47 Å². The standard InChI is InChI=1S/C21H20N2O4S/c1-26-18-13-17(20(24)22-16-11-7-4-8-12-16)19(21(23-18)27-2)28(25)14-15-9-5-3-6-10-15/h3-13H,14H2,1-2H3,(H,22,24). The zero-order valence-corrected chi connectivity index (χ0v) is 16.4. The monoisotopic (exact) mass is 396 g/mol. The molecule has 7 heteroatoms. The highest BCUT2D eigenvalue weighted by Gasteiger charge is 2.24. The summed E-state index contributed by atoms with van der Waals surface area (Å²) in [5.41, 5.74) is 1.71. The van der Waals surface area contributed by atoms with Crippen LogP contribution in [0.2, 0.25) is 0 Å². The lowest BCUT2D eigenvalue weighted by atomic mass is 10.2. The van der Waals surface area contributed by atoms with Gasteiger partial charge in [0, 0.05) is 11.8 Å². The Balaban J connectivity index is 2.01. The lowest BCUT2D eigenvalue weighted by Crippen LogP contribution is -2.17. The fourth-order valence-electron chi connectivity index (χ4n) is 2.64. The van der Waals surface area contributed by atoms with E-state index in [2.05, 4.69) is 10.3 Å². The van der Waals surface area contributed by atoms with Gasteiger partial charge in [-0.2, -0.15) is 4.98 Å². The van der Waals surface area contributed by atoms with Crippen LogP contribution in [0, 0.1) is 0 Å². The molecule has 1 N–H and O–H groups in total. The van der Waals surface area contributed by atoms with Gasteiger partial charge in [-0.15, -0.1) is 0 Å². The Hall–Kier alpha value is -3.19. The number of hydrogen-bond donors (Lipinski definition) is 1. The van der Waals surface area contributed by atoms with Crippen LogP contribution in [0.1, 0.15) is 15.9 Å². The molecule has 0 spiro atoms. The van der Waals surface area contributed by atoms with Crippen molar-refractivity contribution in [3.8, 4) is 11.8 Å². The lowest BCUT2D eigenvalue weighted by molar-refractivity contribution is 0.102. The molecule has 2 aromatic carbocycles. The molecule has 0 saturated heterocycles. The van der Waals surface area contributed by atoms with Crippen molar-refractivity contribution in [2.75, 3.05) is 19.5 Å². The topological polar surface area (TPSA) is 77.5 Å². The van der Waals surface area contributed by atoms with Gasteiger partial charge in [-0.25, -0.2) is 0 Å². The summed E-state index contributed by atoms with van der Waals surface area (Å²) < 4.78 is 23.6. The molecule has 1 atom stereocenters. The molecule has 28 heavy (non-hydrogen) atoms. The highest BCUT2D eigenvalue weighted by Crippen LogP contribution is 2.30. The number of carbonyl (C=O) groups is 1. The van der Waals surface area contributed by atoms with E-state index in [0.717, 1.165) is 5.56 Å². The van der Waals surface area contributed by atoms with Crippen LogP contribution in [0.15, 0.2) is 71.6 Å². The predicted molar refractivity (Wildman–Crippen MR) is 108 cm³/mol. The maximum absolute atomic E-state index is 13.1. The molecule has 0 radical (unpaired) electrons. The van der Waals surface area contributed by atoms with Crippen LogP contribution in [-0.4, -0.2) is 29.3 Å². The van der Waals surface area contributed by atoms with Gasteiger partial charge < -0.3 is 14.8 Å². The summed E-state index contributed by atoms with van der Waals surface area (Å²) >= 11 is 0. The minimum Gasteiger partial charge on any atom is -0.481 e. The normalized spacial score (nSPS) is 11.5. The average molecular weight is 396 g/mol. The summed E-state index contributed by atoms with van der Waals surface area (Å²) in [5, 5.41) is 2.81. The van der Waals surface area contributed by atoms with Gasteiger partial charge in [-0.05, 0) is 17.7 Å². The first-order valence-electron chi connectivity index (χ1n) is 8.54. The van der Waals surface area contributed by atoms with Crippen LogP contribution >= 0.6 is 0 Å². The first-order chi connectivity index (χ1) is 13.6. The van der Waals surface area contributed by atoms with Crippen LogP contribution in [0.4, 0.5) is 5.69 Å². The smallest absolute Gasteiger partial charge is 0.257 e. The number of nitrogens with one attached hydrogen (secondary N) is 1. The van der Waals surface area contributed by atoms with E-state index < -0.39 is 16.7 Å². The Kier molecular flexibility index (Phi) is 6.39. The number of carbonyl (C=O) groups excluding carboxylic acids is 1. The molecule has 0 aliphatic heterocycles. The van der Waals surface area contributed by atoms with E-state index in [0.29, 0.717) is 5.69 Å². The van der Waals surface area contributed by atoms with Crippen molar-refractivity contribution >= 4 is 22.4 Å². The fourth-order valence-corrected chi connectivity index (χ4v) is 4.00. The van der Waals surface area contributed by atoms with Gasteiger partial charge in [-0.3, -0.25) is 9.00 Å². The average Bonchev–Trinajstić information content (AvgIpc) is 2.74. The van der Waals surface area contributed by atoms with E-state index >= 15 is 0 Å². The van der Waals surface area contributed by atoms with E-state index in [1.807, 2.05) is 48.5 Å². The highest BCUT2D eigenvalue weighted by molar-refractivity contribution is 7.84. The number of aromatic nitrogens is 1. The number of rotatable bonds is 7. The summed E-state index contributed by atoms with van der Waals surface area (Å²) in [5.74, 6) is 0.126. The first-order valence-corrected chi connectivity index (χ1v) is 9.86. The van der Waals surface area contributed by atoms with Crippen molar-refractivity contribution in [2.24, 2.45) is 0 Å². The molecule has 3 rings (SSSR count). The molecule has 0 aliphatic rings. The minimum absolute atomic E-state index is 0.104. The number of nitrogens with zero attached hydrogens (tertiary/aromatic N) is 1. The first kappa shape index (κ1) is 19.6. The fraction of sp³-hybridized carbons (Fsp3) is 0.143. The molecule has 1 aromatic heterocycles. The summed E-state index contributed by atoms with van der Waals surface area (Å²) in [6, 6.07) is 19.9. The largest absolute Gasteiger partial charge is 0.481 e. The van der Waals surface area contributed by atoms with Crippen molar-refractivity contribution in [2.45, 2.75) is 10.6 Å². The summed E-state index contributed by atoms with van der Waals surface area (Å²) in [6.07, 6.45) is 0. The molecule has 1 heterocycles. The Morgan fingerprint density at radius 2 is 1.64 bits per heavy atom. The number of anilines is 1. The summed E-state index contributed by atoms with van der Waals surface area (Å²) in [7, 11) is 1.32. The van der Waals surface area contributed by atoms with Gasteiger partial charge in [0.1, 0.15) is 4.90 Å². The van der Waals surface area contributed by atoms with Crippen LogP contribution in [0.25, 0.3) is 0 Å². The predicted octanol–water partition coefficient (Wildman–Crippen LogP) is 3.66. The molecule has 1 unspecified atom stereocenters. The van der Waals surface area contributed by atoms with Gasteiger partial charge in [0.25, 0.3) is 5.91 Å². The van der Waals surface area contributed by atoms with Gasteiger partial charge in [0.2, 0.25) is 11.8 Å². The molecule has 0 fully saturated rings. The Bertz CT molecular complexity index is 978. The van der Waals surface area contributed by atoms with Gasteiger partial charge in [0.15, 0.2) is 0 Å². The van der Waals surface area contributed by atoms with Gasteiger partial charge in [0.05, 0.1) is 36.3 Å². The van der Waals surface area contributed by atoms with E-state index in [1.165, 1.54) is 20.3 Å². The Morgan fingerprint density at radius 1 is 1.00 bits per heavy atom. The van der Waals surface area contributed by atoms with Crippen molar-refractivity contribution in [3.63, 3.8) is 0 Å². The molecular weight excluding hydrogens is 376 g/mol. The molecule has 144 valence electrons. The number of methoxy groups -OCH3 is 2. The number of hydrogen-bond acceptors (Lipinski definition) is 5. The minimum atomic E-state index is -1.55. The lowest BCUT2D eigenvalue weighted by Gasteiger charge is -2.14. The summed E-state index contributed by atoms with van der Waals surface area (Å²) in [4.78, 5) is 17.4. The van der Waals surface area contributed by atoms with Crippen molar-refractivity contribution in [1.82, 2.24) is 4.98 Å². The van der Waals surface area contributed by atoms with Crippen molar-refractivity contribution < 1.29 is 18.5 Å². The van der Waals surface area contributed by atoms with Crippen LogP contribution in [0.3, 0.4) is 0 Å². The number of amides is 1. The van der Waals surface area contributed by atoms with E-state index in [1.54, 1.807) is 12.1 Å². The van der Waals surface area contributed by atoms with Gasteiger partial charge >= 0.3 is 0 Å². The number of para-hydroxylation sites is 1. The second-order valence-electron chi connectivity index (χ2n) is 5.85. The zero-order chi connectivity index (χ0) is 19.9. The second kappa shape index (κ2) is 9.14. The molecule has 6 nitrogen and oxygen atoms in total. The highest BCUT2D eigenvalue weighted by atomic mass is 32.2. The van der Waals surface area contributed by atoms with Crippen LogP contribution in [-0.2, 0) is 16.6 Å². The van der Waals surface area contributed by atoms with E-state index in [9.17, 15) is 9.00 Å². The maximum atomic E-state index is 13.1. The number of ether oxygens (including phenoxy) is 2. The van der Waals surface area contributed by atoms with Gasteiger partial charge in [-0.1, -0.05) is 48.5 Å². The Labute approximate surface area is 166 Å². The third kappa shape index (κ3) is 4.55. The molecular formula is C21H20N2O4S. The van der Waals surface area contributed by atoms with E-state index in [-0.39, 0.29) is 28.0 Å². The molecule has 0 bridgehead atoms. The summed E-state index contributed by atoms with van der Waals surface area (Å²) in [6.45, 7) is 0. The zero-order valence-electron chi connectivity index (χ0n) is 15.5. The van der Waals surface area contributed by atoms with Crippen LogP contribution in [0.5, 0.6) is 11.8 Å². The third-order valence-corrected chi connectivity index (χ3v) is 5.41. The molecule has 0 aliphatic carbocycles. The Morgan fingerprint density at radius 3 is 2.25 bits per heavy atom. The molecule has 1 amide bonds. The SMILES string of the molecule is COc1cc(C(=O)Nc2ccccc2)c(S(=O)Cc2ccccc2)c(OC)n1. The molecule has 0 saturated carbocycles. The number of benzene rings is 2. The number of pyridine rings is 1. The van der Waals surface area contributed by atoms with Crippen LogP contribution < -0.4 is 14.8 Å². The maximum Gasteiger partial charge on any atom is 0.257 e. The second-order valence-corrected chi connectivity index (χ2v) is 7.23. The quantitative estimate of drug-likeness (QED) is 0.659.